The van der Waals surface area contributed by atoms with Crippen molar-refractivity contribution < 1.29 is 4.42 Å². The zero-order chi connectivity index (χ0) is 13.6. The van der Waals surface area contributed by atoms with Gasteiger partial charge in [0.15, 0.2) is 5.58 Å². The molecule has 4 nitrogen and oxygen atoms in total. The molecule has 0 radical (unpaired) electrons. The Bertz CT molecular complexity index is 780. The summed E-state index contributed by atoms with van der Waals surface area (Å²) in [5, 5.41) is 0. The summed E-state index contributed by atoms with van der Waals surface area (Å²) in [6.45, 7) is 3.90. The molecule has 0 aliphatic rings. The maximum atomic E-state index is 5.93. The number of pyridine rings is 1. The number of benzene rings is 1. The highest BCUT2D eigenvalue weighted by Crippen LogP contribution is 2.31. The number of nitrogens with two attached hydrogens (primary N) is 1. The van der Waals surface area contributed by atoms with E-state index in [1.54, 1.807) is 6.07 Å². The summed E-state index contributed by atoms with van der Waals surface area (Å²) in [5.74, 6) is 0.546. The van der Waals surface area contributed by atoms with Crippen molar-refractivity contribution in [3.63, 3.8) is 0 Å². The molecule has 2 N–H and O–H groups in total. The molecule has 3 aromatic rings. The van der Waals surface area contributed by atoms with E-state index >= 15 is 0 Å². The van der Waals surface area contributed by atoms with Crippen molar-refractivity contribution >= 4 is 32.7 Å². The van der Waals surface area contributed by atoms with E-state index < -0.39 is 0 Å². The van der Waals surface area contributed by atoms with Crippen LogP contribution in [0, 0.1) is 13.8 Å². The van der Waals surface area contributed by atoms with Gasteiger partial charge in [-0.15, -0.1) is 0 Å². The van der Waals surface area contributed by atoms with Crippen LogP contribution in [-0.4, -0.2) is 9.97 Å². The molecule has 19 heavy (non-hydrogen) atoms. The average molecular weight is 318 g/mol. The van der Waals surface area contributed by atoms with Gasteiger partial charge in [-0.3, -0.25) is 4.98 Å². The number of nitrogens with zero attached hydrogens (tertiary/aromatic N) is 2. The Hall–Kier alpha value is -1.88. The topological polar surface area (TPSA) is 64.9 Å². The zero-order valence-corrected chi connectivity index (χ0v) is 12.2. The molecule has 1 aromatic carbocycles. The van der Waals surface area contributed by atoms with E-state index in [9.17, 15) is 0 Å². The molecule has 0 amide bonds. The van der Waals surface area contributed by atoms with Gasteiger partial charge in [0.2, 0.25) is 5.89 Å². The van der Waals surface area contributed by atoms with Crippen LogP contribution in [0.5, 0.6) is 0 Å². The molecule has 0 atom stereocenters. The molecular formula is C14H12BrN3O. The minimum absolute atomic E-state index is 0.546. The predicted octanol–water partition coefficient (Wildman–Crippen LogP) is 3.85. The van der Waals surface area contributed by atoms with Crippen molar-refractivity contribution in [3.8, 4) is 11.5 Å². The number of hydrogen-bond donors (Lipinski definition) is 1. The number of halogens is 1. The third-order valence-corrected chi connectivity index (χ3v) is 3.40. The van der Waals surface area contributed by atoms with Gasteiger partial charge in [0, 0.05) is 10.2 Å². The summed E-state index contributed by atoms with van der Waals surface area (Å²) in [5.41, 5.74) is 10.6. The van der Waals surface area contributed by atoms with E-state index in [4.69, 9.17) is 10.2 Å². The first-order valence-electron chi connectivity index (χ1n) is 5.85. The number of anilines is 1. The van der Waals surface area contributed by atoms with Crippen LogP contribution in [0.1, 0.15) is 11.4 Å². The third kappa shape index (κ3) is 2.10. The lowest BCUT2D eigenvalue weighted by Gasteiger charge is -2.01. The Balaban J connectivity index is 2.23. The van der Waals surface area contributed by atoms with Crippen molar-refractivity contribution in [1.29, 1.82) is 0 Å². The first-order chi connectivity index (χ1) is 9.04. The summed E-state index contributed by atoms with van der Waals surface area (Å²) >= 11 is 3.40. The summed E-state index contributed by atoms with van der Waals surface area (Å²) in [6.07, 6.45) is 0. The molecule has 5 heteroatoms. The molecule has 96 valence electrons. The van der Waals surface area contributed by atoms with Crippen LogP contribution in [0.15, 0.2) is 33.2 Å². The van der Waals surface area contributed by atoms with Gasteiger partial charge in [-0.2, -0.15) is 0 Å². The fourth-order valence-corrected chi connectivity index (χ4v) is 2.51. The first kappa shape index (κ1) is 12.2. The molecule has 0 aliphatic carbocycles. The van der Waals surface area contributed by atoms with E-state index in [2.05, 4.69) is 25.9 Å². The molecule has 0 aliphatic heterocycles. The number of aromatic nitrogens is 2. The normalized spacial score (nSPS) is 11.1. The van der Waals surface area contributed by atoms with Crippen LogP contribution in [0.4, 0.5) is 5.69 Å². The Morgan fingerprint density at radius 2 is 1.95 bits per heavy atom. The van der Waals surface area contributed by atoms with Crippen molar-refractivity contribution in [2.75, 3.05) is 5.73 Å². The van der Waals surface area contributed by atoms with Gasteiger partial charge in [0.05, 0.1) is 16.9 Å². The van der Waals surface area contributed by atoms with Gasteiger partial charge < -0.3 is 10.2 Å². The van der Waals surface area contributed by atoms with Gasteiger partial charge in [-0.1, -0.05) is 15.9 Å². The molecule has 0 saturated carbocycles. The quantitative estimate of drug-likeness (QED) is 0.692. The fourth-order valence-electron chi connectivity index (χ4n) is 2.05. The molecule has 0 bridgehead atoms. The minimum Gasteiger partial charge on any atom is -0.434 e. The van der Waals surface area contributed by atoms with Crippen molar-refractivity contribution in [1.82, 2.24) is 9.97 Å². The second kappa shape index (κ2) is 4.35. The number of hydrogen-bond acceptors (Lipinski definition) is 4. The number of rotatable bonds is 1. The summed E-state index contributed by atoms with van der Waals surface area (Å²) in [6, 6.07) is 7.59. The van der Waals surface area contributed by atoms with Crippen LogP contribution >= 0.6 is 15.9 Å². The van der Waals surface area contributed by atoms with E-state index in [0.29, 0.717) is 17.2 Å². The molecular weight excluding hydrogens is 306 g/mol. The molecule has 0 saturated heterocycles. The Morgan fingerprint density at radius 1 is 1.16 bits per heavy atom. The molecule has 0 unspecified atom stereocenters. The van der Waals surface area contributed by atoms with E-state index in [0.717, 1.165) is 26.9 Å². The Kier molecular flexibility index (Phi) is 2.78. The molecule has 3 rings (SSSR count). The van der Waals surface area contributed by atoms with Gasteiger partial charge >= 0.3 is 0 Å². The number of fused-ring (bicyclic) bond motifs is 1. The predicted molar refractivity (Wildman–Crippen MR) is 78.8 cm³/mol. The van der Waals surface area contributed by atoms with Crippen LogP contribution in [0.3, 0.4) is 0 Å². The first-order valence-corrected chi connectivity index (χ1v) is 6.64. The third-order valence-electron chi connectivity index (χ3n) is 2.94. The summed E-state index contributed by atoms with van der Waals surface area (Å²) in [7, 11) is 0. The monoisotopic (exact) mass is 317 g/mol. The van der Waals surface area contributed by atoms with Gasteiger partial charge in [-0.05, 0) is 38.1 Å². The van der Waals surface area contributed by atoms with Crippen LogP contribution in [0.25, 0.3) is 22.6 Å². The fraction of sp³-hybridized carbons (Fsp3) is 0.143. The molecule has 0 fully saturated rings. The SMILES string of the molecule is Cc1ccc(-c2nc3cc(Br)cc(N)c3o2)c(C)n1. The van der Waals surface area contributed by atoms with Crippen molar-refractivity contribution in [3.05, 3.63) is 40.1 Å². The smallest absolute Gasteiger partial charge is 0.229 e. The lowest BCUT2D eigenvalue weighted by Crippen LogP contribution is -1.89. The second-order valence-electron chi connectivity index (χ2n) is 4.45. The van der Waals surface area contributed by atoms with E-state index in [1.807, 2.05) is 32.0 Å². The highest BCUT2D eigenvalue weighted by molar-refractivity contribution is 9.10. The van der Waals surface area contributed by atoms with Gasteiger partial charge in [-0.25, -0.2) is 4.98 Å². The maximum Gasteiger partial charge on any atom is 0.229 e. The molecule has 2 aromatic heterocycles. The average Bonchev–Trinajstić information content (AvgIpc) is 2.72. The Labute approximate surface area is 118 Å². The molecule has 0 spiro atoms. The van der Waals surface area contributed by atoms with E-state index in [1.165, 1.54) is 0 Å². The highest BCUT2D eigenvalue weighted by atomic mass is 79.9. The standard InChI is InChI=1S/C14H12BrN3O/c1-7-3-4-10(8(2)17-7)14-18-12-6-9(15)5-11(16)13(12)19-14/h3-6H,16H2,1-2H3. The number of nitrogen functional groups attached to an aromatic ring is 1. The minimum atomic E-state index is 0.546. The van der Waals surface area contributed by atoms with Crippen LogP contribution in [0.2, 0.25) is 0 Å². The summed E-state index contributed by atoms with van der Waals surface area (Å²) in [4.78, 5) is 8.90. The maximum absolute atomic E-state index is 5.93. The van der Waals surface area contributed by atoms with E-state index in [-0.39, 0.29) is 0 Å². The lowest BCUT2D eigenvalue weighted by molar-refractivity contribution is 0.620. The van der Waals surface area contributed by atoms with Crippen LogP contribution < -0.4 is 5.73 Å². The van der Waals surface area contributed by atoms with Gasteiger partial charge in [0.1, 0.15) is 5.52 Å². The summed E-state index contributed by atoms with van der Waals surface area (Å²) < 4.78 is 6.65. The molecule has 2 heterocycles. The largest absolute Gasteiger partial charge is 0.434 e. The van der Waals surface area contributed by atoms with Crippen molar-refractivity contribution in [2.24, 2.45) is 0 Å². The Morgan fingerprint density at radius 3 is 2.68 bits per heavy atom. The zero-order valence-electron chi connectivity index (χ0n) is 10.6. The highest BCUT2D eigenvalue weighted by Gasteiger charge is 2.13. The van der Waals surface area contributed by atoms with Gasteiger partial charge in [0.25, 0.3) is 0 Å². The van der Waals surface area contributed by atoms with Crippen molar-refractivity contribution in [2.45, 2.75) is 13.8 Å². The number of aryl methyl sites for hydroxylation is 2. The number of oxazole rings is 1. The lowest BCUT2D eigenvalue weighted by atomic mass is 10.2. The van der Waals surface area contributed by atoms with Crippen LogP contribution in [-0.2, 0) is 0 Å². The second-order valence-corrected chi connectivity index (χ2v) is 5.36.